The fourth-order valence-electron chi connectivity index (χ4n) is 4.92. The van der Waals surface area contributed by atoms with Gasteiger partial charge >= 0.3 is 0 Å². The molecule has 1 amide bonds. The van der Waals surface area contributed by atoms with Crippen molar-refractivity contribution in [3.63, 3.8) is 0 Å². The van der Waals surface area contributed by atoms with Gasteiger partial charge in [0.2, 0.25) is 5.88 Å². The van der Waals surface area contributed by atoms with Crippen molar-refractivity contribution in [2.24, 2.45) is 22.6 Å². The maximum Gasteiger partial charge on any atom is 0.275 e. The summed E-state index contributed by atoms with van der Waals surface area (Å²) in [6.45, 7) is 2.74. The molecule has 11 heteroatoms. The predicted molar refractivity (Wildman–Crippen MR) is 128 cm³/mol. The van der Waals surface area contributed by atoms with Gasteiger partial charge in [0, 0.05) is 30.3 Å². The first kappa shape index (κ1) is 23.9. The van der Waals surface area contributed by atoms with E-state index in [1.165, 1.54) is 36.6 Å². The van der Waals surface area contributed by atoms with E-state index in [9.17, 15) is 9.18 Å². The number of methoxy groups -OCH3 is 1. The summed E-state index contributed by atoms with van der Waals surface area (Å²) in [6, 6.07) is 2.34. The van der Waals surface area contributed by atoms with E-state index in [0.29, 0.717) is 36.6 Å². The number of halogens is 2. The number of ether oxygens (including phenoxy) is 2. The Morgan fingerprint density at radius 2 is 2.09 bits per heavy atom. The van der Waals surface area contributed by atoms with Gasteiger partial charge < -0.3 is 20.5 Å². The smallest absolute Gasteiger partial charge is 0.275 e. The molecule has 0 radical (unpaired) electrons. The van der Waals surface area contributed by atoms with Gasteiger partial charge in [-0.25, -0.2) is 18.7 Å². The van der Waals surface area contributed by atoms with Crippen molar-refractivity contribution in [1.29, 1.82) is 0 Å². The van der Waals surface area contributed by atoms with Crippen LogP contribution in [0.5, 0.6) is 5.88 Å². The van der Waals surface area contributed by atoms with Crippen molar-refractivity contribution < 1.29 is 23.0 Å². The third-order valence-corrected chi connectivity index (χ3v) is 8.40. The van der Waals surface area contributed by atoms with Crippen LogP contribution in [0.25, 0.3) is 0 Å². The maximum atomic E-state index is 15.0. The quantitative estimate of drug-likeness (QED) is 0.563. The molecule has 3 N–H and O–H groups in total. The zero-order valence-corrected chi connectivity index (χ0v) is 20.3. The highest BCUT2D eigenvalue weighted by Gasteiger charge is 2.66. The number of nitrogens with one attached hydrogen (secondary N) is 1. The SMILES string of the molecule is COC[C@]12C[C@H]1[C@@](C)(c1cc(NC(=O)c3cnc(OCC4CCC4)cn3)cc(F)c1F)N=C(N)S2. The second kappa shape index (κ2) is 9.02. The van der Waals surface area contributed by atoms with Crippen LogP contribution in [0.4, 0.5) is 14.5 Å². The van der Waals surface area contributed by atoms with Crippen molar-refractivity contribution in [3.8, 4) is 5.88 Å². The fourth-order valence-corrected chi connectivity index (χ4v) is 6.38. The number of carbonyl (C=O) groups excluding carboxylic acids is 1. The summed E-state index contributed by atoms with van der Waals surface area (Å²) in [5.74, 6) is -1.92. The molecule has 3 aliphatic rings. The van der Waals surface area contributed by atoms with Crippen LogP contribution < -0.4 is 15.8 Å². The normalized spacial score (nSPS) is 27.4. The highest BCUT2D eigenvalue weighted by Crippen LogP contribution is 2.66. The molecule has 1 aromatic heterocycles. The summed E-state index contributed by atoms with van der Waals surface area (Å²) < 4.78 is 40.3. The van der Waals surface area contributed by atoms with Gasteiger partial charge in [0.1, 0.15) is 5.69 Å². The van der Waals surface area contributed by atoms with E-state index in [-0.39, 0.29) is 27.6 Å². The van der Waals surface area contributed by atoms with Crippen molar-refractivity contribution >= 4 is 28.5 Å². The van der Waals surface area contributed by atoms with Gasteiger partial charge in [-0.05, 0) is 38.2 Å². The maximum absolute atomic E-state index is 15.0. The van der Waals surface area contributed by atoms with Crippen LogP contribution >= 0.6 is 11.8 Å². The van der Waals surface area contributed by atoms with Crippen LogP contribution in [-0.2, 0) is 10.3 Å². The lowest BCUT2D eigenvalue weighted by atomic mass is 9.85. The van der Waals surface area contributed by atoms with Crippen LogP contribution in [0.1, 0.15) is 48.7 Å². The Morgan fingerprint density at radius 3 is 2.74 bits per heavy atom. The number of anilines is 1. The molecule has 2 fully saturated rings. The monoisotopic (exact) mass is 503 g/mol. The van der Waals surface area contributed by atoms with E-state index < -0.39 is 23.1 Å². The number of rotatable bonds is 8. The second-order valence-corrected chi connectivity index (χ2v) is 11.0. The van der Waals surface area contributed by atoms with Gasteiger partial charge in [-0.2, -0.15) is 0 Å². The molecule has 0 bridgehead atoms. The molecule has 2 heterocycles. The number of nitrogens with two attached hydrogens (primary N) is 1. The van der Waals surface area contributed by atoms with E-state index >= 15 is 4.39 Å². The molecular formula is C24H27F2N5O3S. The number of thioether (sulfide) groups is 1. The molecule has 5 rings (SSSR count). The molecule has 1 aliphatic heterocycles. The number of hydrogen-bond acceptors (Lipinski definition) is 8. The minimum absolute atomic E-state index is 0.0242. The summed E-state index contributed by atoms with van der Waals surface area (Å²) in [5, 5.41) is 2.88. The number of amides is 1. The highest BCUT2D eigenvalue weighted by atomic mass is 32.2. The predicted octanol–water partition coefficient (Wildman–Crippen LogP) is 3.87. The average molecular weight is 504 g/mol. The van der Waals surface area contributed by atoms with Crippen LogP contribution in [0.15, 0.2) is 29.5 Å². The number of nitrogens with zero attached hydrogens (tertiary/aromatic N) is 3. The number of fused-ring (bicyclic) bond motifs is 1. The molecule has 2 aliphatic carbocycles. The molecule has 186 valence electrons. The highest BCUT2D eigenvalue weighted by molar-refractivity contribution is 8.15. The number of carbonyl (C=O) groups is 1. The van der Waals surface area contributed by atoms with Crippen molar-refractivity contribution in [3.05, 3.63) is 47.4 Å². The number of benzene rings is 1. The van der Waals surface area contributed by atoms with Crippen LogP contribution in [0, 0.1) is 23.5 Å². The zero-order valence-electron chi connectivity index (χ0n) is 19.5. The van der Waals surface area contributed by atoms with Crippen LogP contribution in [0.3, 0.4) is 0 Å². The van der Waals surface area contributed by atoms with Crippen molar-refractivity contribution in [1.82, 2.24) is 9.97 Å². The molecule has 3 atom stereocenters. The zero-order chi connectivity index (χ0) is 24.8. The Labute approximate surface area is 206 Å². The fraction of sp³-hybridized carbons (Fsp3) is 0.500. The van der Waals surface area contributed by atoms with E-state index in [0.717, 1.165) is 18.9 Å². The number of hydrogen-bond donors (Lipinski definition) is 2. The number of amidine groups is 1. The minimum atomic E-state index is -1.10. The Bertz CT molecular complexity index is 1180. The summed E-state index contributed by atoms with van der Waals surface area (Å²) in [5.41, 5.74) is 5.11. The topological polar surface area (TPSA) is 112 Å². The van der Waals surface area contributed by atoms with Crippen molar-refractivity contribution in [2.45, 2.75) is 42.9 Å². The molecule has 2 saturated carbocycles. The molecule has 0 saturated heterocycles. The van der Waals surface area contributed by atoms with Gasteiger partial charge in [-0.1, -0.05) is 18.2 Å². The standard InChI is InChI=1S/C24H27F2N5O3S/c1-23(18-8-24(18,12-33-2)35-22(27)31-23)15-6-14(7-16(25)20(15)26)30-21(32)17-9-29-19(10-28-17)34-11-13-4-3-5-13/h6-7,9-10,13,18H,3-5,8,11-12H2,1-2H3,(H2,27,31)(H,30,32)/t18-,23+,24+/m0/s1. The van der Waals surface area contributed by atoms with E-state index in [2.05, 4.69) is 20.3 Å². The van der Waals surface area contributed by atoms with E-state index in [1.54, 1.807) is 14.0 Å². The lowest BCUT2D eigenvalue weighted by Crippen LogP contribution is -2.38. The Hall–Kier alpha value is -2.79. The van der Waals surface area contributed by atoms with Crippen LogP contribution in [-0.4, -0.2) is 46.1 Å². The van der Waals surface area contributed by atoms with Crippen LogP contribution in [0.2, 0.25) is 0 Å². The number of aliphatic imine (C=N–C) groups is 1. The first-order valence-corrected chi connectivity index (χ1v) is 12.3. The third-order valence-electron chi connectivity index (χ3n) is 7.13. The molecular weight excluding hydrogens is 476 g/mol. The first-order chi connectivity index (χ1) is 16.7. The molecule has 0 spiro atoms. The molecule has 35 heavy (non-hydrogen) atoms. The summed E-state index contributed by atoms with van der Waals surface area (Å²) >= 11 is 1.41. The third kappa shape index (κ3) is 4.47. The van der Waals surface area contributed by atoms with Crippen molar-refractivity contribution in [2.75, 3.05) is 25.6 Å². The van der Waals surface area contributed by atoms with E-state index in [4.69, 9.17) is 15.2 Å². The van der Waals surface area contributed by atoms with Gasteiger partial charge in [0.15, 0.2) is 16.8 Å². The summed E-state index contributed by atoms with van der Waals surface area (Å²) in [7, 11) is 1.59. The number of aromatic nitrogens is 2. The molecule has 8 nitrogen and oxygen atoms in total. The minimum Gasteiger partial charge on any atom is -0.476 e. The lowest BCUT2D eigenvalue weighted by molar-refractivity contribution is 0.102. The van der Waals surface area contributed by atoms with Gasteiger partial charge in [0.05, 0.1) is 35.9 Å². The lowest BCUT2D eigenvalue weighted by Gasteiger charge is -2.34. The van der Waals surface area contributed by atoms with E-state index in [1.807, 2.05) is 0 Å². The Balaban J connectivity index is 1.35. The second-order valence-electron chi connectivity index (χ2n) is 9.58. The first-order valence-electron chi connectivity index (χ1n) is 11.5. The summed E-state index contributed by atoms with van der Waals surface area (Å²) in [4.78, 5) is 25.5. The summed E-state index contributed by atoms with van der Waals surface area (Å²) in [6.07, 6.45) is 6.89. The molecule has 2 aromatic rings. The van der Waals surface area contributed by atoms with Gasteiger partial charge in [-0.3, -0.25) is 9.79 Å². The molecule has 0 unspecified atom stereocenters. The average Bonchev–Trinajstić information content (AvgIpc) is 3.50. The Kier molecular flexibility index (Phi) is 6.16. The Morgan fingerprint density at radius 1 is 1.29 bits per heavy atom. The molecule has 1 aromatic carbocycles. The van der Waals surface area contributed by atoms with Gasteiger partial charge in [0.25, 0.3) is 5.91 Å². The van der Waals surface area contributed by atoms with Gasteiger partial charge in [-0.15, -0.1) is 0 Å². The largest absolute Gasteiger partial charge is 0.476 e.